The van der Waals surface area contributed by atoms with Gasteiger partial charge < -0.3 is 15.4 Å². The van der Waals surface area contributed by atoms with E-state index in [2.05, 4.69) is 34.2 Å². The number of piperidine rings is 1. The molecule has 7 nitrogen and oxygen atoms in total. The molecule has 1 aromatic carbocycles. The summed E-state index contributed by atoms with van der Waals surface area (Å²) in [5.41, 5.74) is 7.41. The molecule has 1 atom stereocenters. The van der Waals surface area contributed by atoms with Crippen molar-refractivity contribution in [2.24, 2.45) is 5.92 Å². The Morgan fingerprint density at radius 1 is 1.23 bits per heavy atom. The van der Waals surface area contributed by atoms with Crippen LogP contribution in [0, 0.1) is 5.92 Å². The largest absolute Gasteiger partial charge is 0.462 e. The molecule has 166 valence electrons. The summed E-state index contributed by atoms with van der Waals surface area (Å²) in [6.45, 7) is 5.51. The van der Waals surface area contributed by atoms with Gasteiger partial charge in [-0.05, 0) is 44.1 Å². The van der Waals surface area contributed by atoms with Gasteiger partial charge in [-0.3, -0.25) is 4.79 Å². The van der Waals surface area contributed by atoms with Gasteiger partial charge in [0.15, 0.2) is 5.16 Å². The minimum atomic E-state index is -0.543. The number of nitrogens with two attached hydrogens (primary N) is 1. The van der Waals surface area contributed by atoms with Crippen LogP contribution in [-0.2, 0) is 16.0 Å². The summed E-state index contributed by atoms with van der Waals surface area (Å²) in [6, 6.07) is 10.5. The highest BCUT2D eigenvalue weighted by atomic mass is 32.2. The molecule has 0 radical (unpaired) electrons. The van der Waals surface area contributed by atoms with Gasteiger partial charge in [0.1, 0.15) is 11.4 Å². The average Bonchev–Trinajstić information content (AvgIpc) is 2.78. The highest BCUT2D eigenvalue weighted by molar-refractivity contribution is 8.00. The minimum absolute atomic E-state index is 0.0694. The number of nitrogens with zero attached hydrogens (tertiary/aromatic N) is 3. The fourth-order valence-corrected chi connectivity index (χ4v) is 4.68. The number of rotatable bonds is 8. The molecule has 0 spiro atoms. The first kappa shape index (κ1) is 23.1. The van der Waals surface area contributed by atoms with Gasteiger partial charge in [-0.1, -0.05) is 49.0 Å². The highest BCUT2D eigenvalue weighted by Crippen LogP contribution is 2.28. The van der Waals surface area contributed by atoms with E-state index in [9.17, 15) is 9.59 Å². The van der Waals surface area contributed by atoms with Crippen LogP contribution in [0.2, 0.25) is 0 Å². The standard InChI is InChI=1S/C23H30N4O3S/c1-3-19(31-23-25-15-18(20(24)26-23)22(29)30-4-2)21(28)27-12-10-17(11-13-27)14-16-8-6-5-7-9-16/h5-9,15,17,19H,3-4,10-14H2,1-2H3,(H2,24,25,26)/t19-/m0/s1. The van der Waals surface area contributed by atoms with Crippen LogP contribution in [0.25, 0.3) is 0 Å². The summed E-state index contributed by atoms with van der Waals surface area (Å²) in [5.74, 6) is 0.248. The third-order valence-corrected chi connectivity index (χ3v) is 6.71. The Labute approximate surface area is 187 Å². The van der Waals surface area contributed by atoms with E-state index in [0.717, 1.165) is 32.4 Å². The number of thioether (sulfide) groups is 1. The molecule has 1 amide bonds. The molecule has 1 saturated heterocycles. The topological polar surface area (TPSA) is 98.4 Å². The number of hydrogen-bond acceptors (Lipinski definition) is 7. The first-order valence-electron chi connectivity index (χ1n) is 10.8. The maximum Gasteiger partial charge on any atom is 0.343 e. The molecule has 1 aromatic heterocycles. The van der Waals surface area contributed by atoms with Crippen LogP contribution in [0.15, 0.2) is 41.7 Å². The van der Waals surface area contributed by atoms with E-state index in [1.165, 1.54) is 23.5 Å². The van der Waals surface area contributed by atoms with Gasteiger partial charge in [0.2, 0.25) is 5.91 Å². The molecule has 2 aromatic rings. The number of likely N-dealkylation sites (tertiary alicyclic amines) is 1. The van der Waals surface area contributed by atoms with Gasteiger partial charge in [0, 0.05) is 19.3 Å². The second-order valence-corrected chi connectivity index (χ2v) is 8.81. The molecule has 8 heteroatoms. The van der Waals surface area contributed by atoms with Crippen molar-refractivity contribution in [3.63, 3.8) is 0 Å². The van der Waals surface area contributed by atoms with E-state index >= 15 is 0 Å². The van der Waals surface area contributed by atoms with E-state index in [1.807, 2.05) is 17.9 Å². The second kappa shape index (κ2) is 11.1. The zero-order valence-corrected chi connectivity index (χ0v) is 18.9. The molecular weight excluding hydrogens is 412 g/mol. The molecule has 31 heavy (non-hydrogen) atoms. The number of ether oxygens (including phenoxy) is 1. The molecule has 2 heterocycles. The average molecular weight is 443 g/mol. The number of carbonyl (C=O) groups is 2. The number of carbonyl (C=O) groups excluding carboxylic acids is 2. The van der Waals surface area contributed by atoms with Crippen LogP contribution in [0.5, 0.6) is 0 Å². The van der Waals surface area contributed by atoms with Crippen molar-refractivity contribution < 1.29 is 14.3 Å². The smallest absolute Gasteiger partial charge is 0.343 e. The number of hydrogen-bond donors (Lipinski definition) is 1. The molecule has 1 aliphatic rings. The molecule has 2 N–H and O–H groups in total. The van der Waals surface area contributed by atoms with Crippen molar-refractivity contribution in [3.05, 3.63) is 47.7 Å². The third kappa shape index (κ3) is 6.19. The number of amides is 1. The monoisotopic (exact) mass is 442 g/mol. The van der Waals surface area contributed by atoms with E-state index in [1.54, 1.807) is 6.92 Å². The summed E-state index contributed by atoms with van der Waals surface area (Å²) in [6.07, 6.45) is 5.12. The lowest BCUT2D eigenvalue weighted by Crippen LogP contribution is -2.43. The Hall–Kier alpha value is -2.61. The van der Waals surface area contributed by atoms with Crippen LogP contribution in [0.1, 0.15) is 49.0 Å². The Balaban J connectivity index is 1.56. The first-order chi connectivity index (χ1) is 15.0. The van der Waals surface area contributed by atoms with E-state index in [0.29, 0.717) is 17.5 Å². The van der Waals surface area contributed by atoms with Crippen LogP contribution in [-0.4, -0.2) is 51.7 Å². The summed E-state index contributed by atoms with van der Waals surface area (Å²) in [4.78, 5) is 35.3. The maximum atomic E-state index is 13.1. The number of aromatic nitrogens is 2. The molecule has 0 saturated carbocycles. The molecule has 0 bridgehead atoms. The Morgan fingerprint density at radius 3 is 2.55 bits per heavy atom. The Bertz CT molecular complexity index is 886. The van der Waals surface area contributed by atoms with Gasteiger partial charge >= 0.3 is 5.97 Å². The number of benzene rings is 1. The van der Waals surface area contributed by atoms with Gasteiger partial charge in [0.25, 0.3) is 0 Å². The SMILES string of the molecule is CCOC(=O)c1cnc(S[C@@H](CC)C(=O)N2CCC(Cc3ccccc3)CC2)nc1N. The number of esters is 1. The molecular formula is C23H30N4O3S. The quantitative estimate of drug-likeness (QED) is 0.379. The molecule has 1 fully saturated rings. The minimum Gasteiger partial charge on any atom is -0.462 e. The number of nitrogen functional groups attached to an aromatic ring is 1. The van der Waals surface area contributed by atoms with E-state index in [-0.39, 0.29) is 29.1 Å². The Morgan fingerprint density at radius 2 is 1.94 bits per heavy atom. The lowest BCUT2D eigenvalue weighted by Gasteiger charge is -2.34. The third-order valence-electron chi connectivity index (χ3n) is 5.48. The van der Waals surface area contributed by atoms with Crippen molar-refractivity contribution in [3.8, 4) is 0 Å². The lowest BCUT2D eigenvalue weighted by atomic mass is 9.90. The predicted octanol–water partition coefficient (Wildman–Crippen LogP) is 3.59. The van der Waals surface area contributed by atoms with Crippen molar-refractivity contribution in [1.82, 2.24) is 14.9 Å². The summed E-state index contributed by atoms with van der Waals surface area (Å²) in [7, 11) is 0. The van der Waals surface area contributed by atoms with Crippen LogP contribution >= 0.6 is 11.8 Å². The normalized spacial score (nSPS) is 15.5. The Kier molecular flexibility index (Phi) is 8.28. The van der Waals surface area contributed by atoms with Crippen LogP contribution < -0.4 is 5.73 Å². The van der Waals surface area contributed by atoms with Crippen molar-refractivity contribution in [1.29, 1.82) is 0 Å². The maximum absolute atomic E-state index is 13.1. The predicted molar refractivity (Wildman–Crippen MR) is 122 cm³/mol. The van der Waals surface area contributed by atoms with Gasteiger partial charge in [-0.25, -0.2) is 14.8 Å². The van der Waals surface area contributed by atoms with Crippen LogP contribution in [0.3, 0.4) is 0 Å². The van der Waals surface area contributed by atoms with Gasteiger partial charge in [-0.2, -0.15) is 0 Å². The van der Waals surface area contributed by atoms with Crippen molar-refractivity contribution in [2.45, 2.75) is 49.9 Å². The molecule has 0 aliphatic carbocycles. The lowest BCUT2D eigenvalue weighted by molar-refractivity contribution is -0.132. The highest BCUT2D eigenvalue weighted by Gasteiger charge is 2.29. The van der Waals surface area contributed by atoms with Gasteiger partial charge in [-0.15, -0.1) is 0 Å². The number of anilines is 1. The molecule has 0 unspecified atom stereocenters. The van der Waals surface area contributed by atoms with Crippen molar-refractivity contribution in [2.75, 3.05) is 25.4 Å². The zero-order chi connectivity index (χ0) is 22.2. The van der Waals surface area contributed by atoms with Crippen molar-refractivity contribution >= 4 is 29.5 Å². The molecule has 1 aliphatic heterocycles. The van der Waals surface area contributed by atoms with E-state index < -0.39 is 5.97 Å². The van der Waals surface area contributed by atoms with Crippen LogP contribution in [0.4, 0.5) is 5.82 Å². The second-order valence-electron chi connectivity index (χ2n) is 7.65. The summed E-state index contributed by atoms with van der Waals surface area (Å²) < 4.78 is 4.95. The van der Waals surface area contributed by atoms with E-state index in [4.69, 9.17) is 10.5 Å². The fraction of sp³-hybridized carbons (Fsp3) is 0.478. The summed E-state index contributed by atoms with van der Waals surface area (Å²) in [5, 5.41) is 0.114. The zero-order valence-electron chi connectivity index (χ0n) is 18.1. The van der Waals surface area contributed by atoms with Gasteiger partial charge in [0.05, 0.1) is 11.9 Å². The molecule has 3 rings (SSSR count). The fourth-order valence-electron chi connectivity index (χ4n) is 3.75. The summed E-state index contributed by atoms with van der Waals surface area (Å²) >= 11 is 1.30. The first-order valence-corrected chi connectivity index (χ1v) is 11.7.